The number of carbonyl (C=O) groups excluding carboxylic acids is 1. The highest BCUT2D eigenvalue weighted by Gasteiger charge is 2.16. The summed E-state index contributed by atoms with van der Waals surface area (Å²) < 4.78 is 5.14. The Morgan fingerprint density at radius 1 is 1.41 bits per heavy atom. The molecule has 0 spiro atoms. The lowest BCUT2D eigenvalue weighted by molar-refractivity contribution is 0.0523. The molecule has 0 aliphatic heterocycles. The second-order valence-corrected chi connectivity index (χ2v) is 5.10. The molecule has 1 unspecified atom stereocenters. The molecule has 4 heteroatoms. The summed E-state index contributed by atoms with van der Waals surface area (Å²) in [4.78, 5) is 11.4. The first-order valence-electron chi connectivity index (χ1n) is 6.16. The molecule has 1 amide bonds. The van der Waals surface area contributed by atoms with Gasteiger partial charge in [0.05, 0.1) is 0 Å². The molecule has 0 saturated heterocycles. The summed E-state index contributed by atoms with van der Waals surface area (Å²) in [7, 11) is 0. The minimum Gasteiger partial charge on any atom is -0.444 e. The van der Waals surface area contributed by atoms with E-state index in [1.54, 1.807) is 0 Å². The molecule has 0 aromatic heterocycles. The van der Waals surface area contributed by atoms with Gasteiger partial charge in [0, 0.05) is 12.6 Å². The zero-order chi connectivity index (χ0) is 13.3. The molecule has 0 aromatic carbocycles. The van der Waals surface area contributed by atoms with E-state index in [-0.39, 0.29) is 12.1 Å². The van der Waals surface area contributed by atoms with Crippen LogP contribution >= 0.6 is 0 Å². The normalized spacial score (nSPS) is 13.7. The fourth-order valence-electron chi connectivity index (χ4n) is 1.20. The lowest BCUT2D eigenvalue weighted by atomic mass is 10.2. The largest absolute Gasteiger partial charge is 0.444 e. The van der Waals surface area contributed by atoms with Gasteiger partial charge in [0.25, 0.3) is 0 Å². The number of hydrogen-bond donors (Lipinski definition) is 2. The third kappa shape index (κ3) is 11.2. The van der Waals surface area contributed by atoms with Crippen molar-refractivity contribution < 1.29 is 9.53 Å². The molecule has 4 nitrogen and oxygen atoms in total. The zero-order valence-corrected chi connectivity index (χ0v) is 11.7. The van der Waals surface area contributed by atoms with Crippen LogP contribution in [0, 0.1) is 0 Å². The van der Waals surface area contributed by atoms with Crippen LogP contribution in [0.3, 0.4) is 0 Å². The van der Waals surface area contributed by atoms with E-state index in [9.17, 15) is 4.79 Å². The van der Waals surface area contributed by atoms with Crippen LogP contribution in [0.2, 0.25) is 0 Å². The first kappa shape index (κ1) is 16.0. The van der Waals surface area contributed by atoms with Gasteiger partial charge in [0.1, 0.15) is 5.60 Å². The van der Waals surface area contributed by atoms with E-state index in [0.717, 1.165) is 13.0 Å². The lowest BCUT2D eigenvalue weighted by Gasteiger charge is -2.21. The predicted octanol–water partition coefficient (Wildman–Crippen LogP) is 2.46. The zero-order valence-electron chi connectivity index (χ0n) is 11.7. The maximum atomic E-state index is 11.4. The summed E-state index contributed by atoms with van der Waals surface area (Å²) in [5, 5.41) is 6.05. The molecule has 100 valence electrons. The summed E-state index contributed by atoms with van der Waals surface area (Å²) in [6.07, 6.45) is 4.79. The van der Waals surface area contributed by atoms with Crippen molar-refractivity contribution in [1.29, 1.82) is 0 Å². The van der Waals surface area contributed by atoms with Gasteiger partial charge in [0.2, 0.25) is 0 Å². The first-order chi connectivity index (χ1) is 7.85. The Morgan fingerprint density at radius 2 is 2.06 bits per heavy atom. The van der Waals surface area contributed by atoms with Gasteiger partial charge in [-0.15, -0.1) is 0 Å². The van der Waals surface area contributed by atoms with Crippen molar-refractivity contribution in [2.24, 2.45) is 0 Å². The second-order valence-electron chi connectivity index (χ2n) is 5.10. The van der Waals surface area contributed by atoms with E-state index in [1.807, 2.05) is 40.7 Å². The Kier molecular flexibility index (Phi) is 7.63. The van der Waals surface area contributed by atoms with Gasteiger partial charge >= 0.3 is 6.09 Å². The number of nitrogens with one attached hydrogen (secondary N) is 2. The number of amides is 1. The highest BCUT2D eigenvalue weighted by Crippen LogP contribution is 2.06. The second kappa shape index (κ2) is 8.12. The maximum absolute atomic E-state index is 11.4. The summed E-state index contributed by atoms with van der Waals surface area (Å²) in [6.45, 7) is 11.1. The van der Waals surface area contributed by atoms with E-state index in [0.29, 0.717) is 6.54 Å². The summed E-state index contributed by atoms with van der Waals surface area (Å²) in [6, 6.07) is 0.243. The standard InChI is InChI=1S/C13H26N2O2/c1-6-7-8-9-14-11(2)10-15-12(16)17-13(3,4)5/h6-7,11,14H,8-10H2,1-5H3,(H,15,16)/b7-6+. The number of carbonyl (C=O) groups is 1. The third-order valence-electron chi connectivity index (χ3n) is 1.99. The van der Waals surface area contributed by atoms with Gasteiger partial charge in [-0.05, 0) is 47.6 Å². The smallest absolute Gasteiger partial charge is 0.407 e. The fraction of sp³-hybridized carbons (Fsp3) is 0.769. The number of rotatable bonds is 6. The molecule has 0 heterocycles. The van der Waals surface area contributed by atoms with Gasteiger partial charge in [0.15, 0.2) is 0 Å². The Hall–Kier alpha value is -1.03. The van der Waals surface area contributed by atoms with E-state index >= 15 is 0 Å². The van der Waals surface area contributed by atoms with Gasteiger partial charge < -0.3 is 15.4 Å². The van der Waals surface area contributed by atoms with Crippen molar-refractivity contribution in [3.63, 3.8) is 0 Å². The van der Waals surface area contributed by atoms with Crippen LogP contribution in [0.25, 0.3) is 0 Å². The fourth-order valence-corrected chi connectivity index (χ4v) is 1.20. The van der Waals surface area contributed by atoms with Crippen LogP contribution < -0.4 is 10.6 Å². The van der Waals surface area contributed by atoms with Crippen LogP contribution in [0.4, 0.5) is 4.79 Å². The van der Waals surface area contributed by atoms with Crippen molar-refractivity contribution in [1.82, 2.24) is 10.6 Å². The van der Waals surface area contributed by atoms with E-state index in [4.69, 9.17) is 4.74 Å². The van der Waals surface area contributed by atoms with Crippen LogP contribution in [0.1, 0.15) is 41.0 Å². The monoisotopic (exact) mass is 242 g/mol. The number of ether oxygens (including phenoxy) is 1. The molecule has 17 heavy (non-hydrogen) atoms. The van der Waals surface area contributed by atoms with E-state index in [2.05, 4.69) is 16.7 Å². The van der Waals surface area contributed by atoms with Crippen molar-refractivity contribution in [3.05, 3.63) is 12.2 Å². The highest BCUT2D eigenvalue weighted by molar-refractivity contribution is 5.67. The minimum absolute atomic E-state index is 0.243. The van der Waals surface area contributed by atoms with Crippen molar-refractivity contribution >= 4 is 6.09 Å². The number of allylic oxidation sites excluding steroid dienone is 1. The predicted molar refractivity (Wildman–Crippen MR) is 71.1 cm³/mol. The molecule has 0 fully saturated rings. The Labute approximate surface area is 105 Å². The van der Waals surface area contributed by atoms with Crippen LogP contribution in [-0.2, 0) is 4.74 Å². The van der Waals surface area contributed by atoms with Crippen LogP contribution in [0.5, 0.6) is 0 Å². The highest BCUT2D eigenvalue weighted by atomic mass is 16.6. The summed E-state index contributed by atoms with van der Waals surface area (Å²) >= 11 is 0. The molecule has 0 radical (unpaired) electrons. The molecule has 2 N–H and O–H groups in total. The molecule has 0 saturated carbocycles. The SMILES string of the molecule is C/C=C/CCNC(C)CNC(=O)OC(C)(C)C. The lowest BCUT2D eigenvalue weighted by Crippen LogP contribution is -2.41. The van der Waals surface area contributed by atoms with Crippen molar-refractivity contribution in [3.8, 4) is 0 Å². The number of hydrogen-bond acceptors (Lipinski definition) is 3. The molecule has 0 rings (SSSR count). The number of alkyl carbamates (subject to hydrolysis) is 1. The van der Waals surface area contributed by atoms with Gasteiger partial charge in [-0.2, -0.15) is 0 Å². The van der Waals surface area contributed by atoms with Gasteiger partial charge in [-0.25, -0.2) is 4.79 Å². The third-order valence-corrected chi connectivity index (χ3v) is 1.99. The van der Waals surface area contributed by atoms with E-state index < -0.39 is 5.60 Å². The van der Waals surface area contributed by atoms with Gasteiger partial charge in [-0.1, -0.05) is 12.2 Å². The molecule has 0 aliphatic carbocycles. The van der Waals surface area contributed by atoms with Crippen LogP contribution in [0.15, 0.2) is 12.2 Å². The van der Waals surface area contributed by atoms with Gasteiger partial charge in [-0.3, -0.25) is 0 Å². The quantitative estimate of drug-likeness (QED) is 0.555. The molecule has 1 atom stereocenters. The Balaban J connectivity index is 3.62. The molecule has 0 bridgehead atoms. The first-order valence-corrected chi connectivity index (χ1v) is 6.16. The topological polar surface area (TPSA) is 50.4 Å². The minimum atomic E-state index is -0.438. The van der Waals surface area contributed by atoms with Crippen LogP contribution in [-0.4, -0.2) is 30.8 Å². The molecule has 0 aromatic rings. The summed E-state index contributed by atoms with van der Waals surface area (Å²) in [5.41, 5.74) is -0.438. The Morgan fingerprint density at radius 3 is 2.59 bits per heavy atom. The average Bonchev–Trinajstić information content (AvgIpc) is 2.19. The molecular formula is C13H26N2O2. The molecule has 0 aliphatic rings. The maximum Gasteiger partial charge on any atom is 0.407 e. The van der Waals surface area contributed by atoms with Crippen molar-refractivity contribution in [2.45, 2.75) is 52.7 Å². The molecular weight excluding hydrogens is 216 g/mol. The van der Waals surface area contributed by atoms with Crippen molar-refractivity contribution in [2.75, 3.05) is 13.1 Å². The average molecular weight is 242 g/mol. The Bertz CT molecular complexity index is 244. The van der Waals surface area contributed by atoms with E-state index in [1.165, 1.54) is 0 Å². The summed E-state index contributed by atoms with van der Waals surface area (Å²) in [5.74, 6) is 0.